The van der Waals surface area contributed by atoms with Crippen molar-refractivity contribution in [1.82, 2.24) is 0 Å². The summed E-state index contributed by atoms with van der Waals surface area (Å²) < 4.78 is 9.72. The number of ether oxygens (including phenoxy) is 1. The molecular formula is C11H12O5. The number of rotatable bonds is 2. The molecular weight excluding hydrogens is 212 g/mol. The molecule has 16 heavy (non-hydrogen) atoms. The van der Waals surface area contributed by atoms with E-state index in [-0.39, 0.29) is 22.9 Å². The zero-order chi connectivity index (χ0) is 12.5. The van der Waals surface area contributed by atoms with Gasteiger partial charge in [-0.15, -0.1) is 0 Å². The van der Waals surface area contributed by atoms with Crippen LogP contribution in [-0.4, -0.2) is 11.8 Å². The molecule has 0 saturated heterocycles. The SMILES string of the molecule is CC(=O)Oc1c(C)c(C(C)=O)oc(=O)c1C. The zero-order valence-electron chi connectivity index (χ0n) is 9.54. The highest BCUT2D eigenvalue weighted by Crippen LogP contribution is 2.23. The lowest BCUT2D eigenvalue weighted by atomic mass is 10.1. The molecule has 1 aromatic heterocycles. The fourth-order valence-corrected chi connectivity index (χ4v) is 1.36. The van der Waals surface area contributed by atoms with Crippen molar-refractivity contribution >= 4 is 11.8 Å². The maximum absolute atomic E-state index is 11.4. The van der Waals surface area contributed by atoms with Gasteiger partial charge in [-0.3, -0.25) is 9.59 Å². The van der Waals surface area contributed by atoms with Gasteiger partial charge in [0.2, 0.25) is 0 Å². The molecule has 0 atom stereocenters. The van der Waals surface area contributed by atoms with Crippen LogP contribution in [0.2, 0.25) is 0 Å². The third-order valence-corrected chi connectivity index (χ3v) is 2.09. The second-order valence-electron chi connectivity index (χ2n) is 3.45. The van der Waals surface area contributed by atoms with Crippen LogP contribution in [0, 0.1) is 13.8 Å². The number of hydrogen-bond acceptors (Lipinski definition) is 5. The highest BCUT2D eigenvalue weighted by Gasteiger charge is 2.19. The monoisotopic (exact) mass is 224 g/mol. The molecule has 0 unspecified atom stereocenters. The van der Waals surface area contributed by atoms with Crippen LogP contribution >= 0.6 is 0 Å². The Balaban J connectivity index is 3.51. The largest absolute Gasteiger partial charge is 0.426 e. The fraction of sp³-hybridized carbons (Fsp3) is 0.364. The molecule has 0 amide bonds. The summed E-state index contributed by atoms with van der Waals surface area (Å²) in [5.41, 5.74) is -0.135. The van der Waals surface area contributed by atoms with Crippen molar-refractivity contribution in [3.05, 3.63) is 27.3 Å². The Bertz CT molecular complexity index is 510. The number of Topliss-reactive ketones (excluding diaryl/α,β-unsaturated/α-hetero) is 1. The van der Waals surface area contributed by atoms with E-state index in [9.17, 15) is 14.4 Å². The zero-order valence-corrected chi connectivity index (χ0v) is 9.54. The summed E-state index contributed by atoms with van der Waals surface area (Å²) in [7, 11) is 0. The minimum absolute atomic E-state index is 0.0770. The number of hydrogen-bond donors (Lipinski definition) is 0. The molecule has 5 heteroatoms. The highest BCUT2D eigenvalue weighted by molar-refractivity contribution is 5.93. The van der Waals surface area contributed by atoms with E-state index in [2.05, 4.69) is 0 Å². The summed E-state index contributed by atoms with van der Waals surface area (Å²) in [4.78, 5) is 33.5. The number of carbonyl (C=O) groups excluding carboxylic acids is 2. The molecule has 0 aliphatic carbocycles. The smallest absolute Gasteiger partial charge is 0.343 e. The first kappa shape index (κ1) is 12.2. The molecule has 0 spiro atoms. The quantitative estimate of drug-likeness (QED) is 0.560. The lowest BCUT2D eigenvalue weighted by molar-refractivity contribution is -0.132. The van der Waals surface area contributed by atoms with Gasteiger partial charge < -0.3 is 9.15 Å². The van der Waals surface area contributed by atoms with Gasteiger partial charge >= 0.3 is 11.6 Å². The molecule has 0 N–H and O–H groups in total. The van der Waals surface area contributed by atoms with Crippen molar-refractivity contribution in [3.63, 3.8) is 0 Å². The summed E-state index contributed by atoms with van der Waals surface area (Å²) in [6.45, 7) is 5.53. The molecule has 0 aromatic carbocycles. The second kappa shape index (κ2) is 4.30. The Morgan fingerprint density at radius 2 is 1.69 bits per heavy atom. The number of ketones is 1. The maximum atomic E-state index is 11.4. The fourth-order valence-electron chi connectivity index (χ4n) is 1.36. The van der Waals surface area contributed by atoms with Gasteiger partial charge in [0.1, 0.15) is 5.75 Å². The first-order chi connectivity index (χ1) is 7.34. The summed E-state index contributed by atoms with van der Waals surface area (Å²) in [6, 6.07) is 0. The molecule has 0 radical (unpaired) electrons. The van der Waals surface area contributed by atoms with Gasteiger partial charge in [0.25, 0.3) is 0 Å². The predicted octanol–water partition coefficient (Wildman–Crippen LogP) is 1.38. The first-order valence-electron chi connectivity index (χ1n) is 4.68. The predicted molar refractivity (Wildman–Crippen MR) is 55.8 cm³/mol. The highest BCUT2D eigenvalue weighted by atomic mass is 16.5. The summed E-state index contributed by atoms with van der Waals surface area (Å²) in [5, 5.41) is 0. The van der Waals surface area contributed by atoms with E-state index in [0.29, 0.717) is 5.56 Å². The first-order valence-corrected chi connectivity index (χ1v) is 4.68. The topological polar surface area (TPSA) is 73.6 Å². The van der Waals surface area contributed by atoms with Crippen LogP contribution in [0.4, 0.5) is 0 Å². The summed E-state index contributed by atoms with van der Waals surface area (Å²) in [5.74, 6) is -0.907. The van der Waals surface area contributed by atoms with E-state index in [4.69, 9.17) is 9.15 Å². The van der Waals surface area contributed by atoms with Crippen LogP contribution in [0.3, 0.4) is 0 Å². The van der Waals surface area contributed by atoms with Gasteiger partial charge in [0.05, 0.1) is 5.56 Å². The van der Waals surface area contributed by atoms with Gasteiger partial charge in [0, 0.05) is 19.4 Å². The third-order valence-electron chi connectivity index (χ3n) is 2.09. The van der Waals surface area contributed by atoms with Crippen molar-refractivity contribution in [2.24, 2.45) is 0 Å². The lowest BCUT2D eigenvalue weighted by Crippen LogP contribution is -2.15. The minimum atomic E-state index is -0.674. The van der Waals surface area contributed by atoms with Gasteiger partial charge in [0.15, 0.2) is 11.5 Å². The van der Waals surface area contributed by atoms with Crippen LogP contribution in [-0.2, 0) is 4.79 Å². The summed E-state index contributed by atoms with van der Waals surface area (Å²) in [6.07, 6.45) is 0. The molecule has 0 saturated carbocycles. The lowest BCUT2D eigenvalue weighted by Gasteiger charge is -2.09. The maximum Gasteiger partial charge on any atom is 0.343 e. The van der Waals surface area contributed by atoms with Gasteiger partial charge in [-0.05, 0) is 13.8 Å². The molecule has 0 aliphatic heterocycles. The van der Waals surface area contributed by atoms with Crippen molar-refractivity contribution < 1.29 is 18.7 Å². The standard InChI is InChI=1S/C11H12O5/c1-5-9(15-8(4)13)6(2)11(14)16-10(5)7(3)12/h1-4H3. The molecule has 5 nitrogen and oxygen atoms in total. The van der Waals surface area contributed by atoms with Crippen LogP contribution in [0.15, 0.2) is 9.21 Å². The average Bonchev–Trinajstić information content (AvgIpc) is 2.17. The Kier molecular flexibility index (Phi) is 3.27. The Hall–Kier alpha value is -1.91. The third kappa shape index (κ3) is 2.18. The molecule has 0 fully saturated rings. The van der Waals surface area contributed by atoms with E-state index in [1.165, 1.54) is 20.8 Å². The molecule has 1 aromatic rings. The minimum Gasteiger partial charge on any atom is -0.426 e. The number of esters is 1. The Morgan fingerprint density at radius 1 is 1.12 bits per heavy atom. The molecule has 0 bridgehead atoms. The van der Waals surface area contributed by atoms with Crippen LogP contribution in [0.1, 0.15) is 35.5 Å². The van der Waals surface area contributed by atoms with E-state index >= 15 is 0 Å². The van der Waals surface area contributed by atoms with Crippen molar-refractivity contribution in [2.45, 2.75) is 27.7 Å². The van der Waals surface area contributed by atoms with Gasteiger partial charge in [-0.2, -0.15) is 0 Å². The van der Waals surface area contributed by atoms with Crippen molar-refractivity contribution in [1.29, 1.82) is 0 Å². The van der Waals surface area contributed by atoms with Crippen LogP contribution in [0.25, 0.3) is 0 Å². The van der Waals surface area contributed by atoms with E-state index in [1.807, 2.05) is 0 Å². The normalized spacial score (nSPS) is 10.0. The van der Waals surface area contributed by atoms with E-state index < -0.39 is 11.6 Å². The second-order valence-corrected chi connectivity index (χ2v) is 3.45. The molecule has 86 valence electrons. The average molecular weight is 224 g/mol. The number of carbonyl (C=O) groups is 2. The molecule has 0 aliphatic rings. The molecule has 1 heterocycles. The Labute approximate surface area is 92.0 Å². The van der Waals surface area contributed by atoms with Gasteiger partial charge in [-0.1, -0.05) is 0 Å². The van der Waals surface area contributed by atoms with Crippen molar-refractivity contribution in [2.75, 3.05) is 0 Å². The van der Waals surface area contributed by atoms with Gasteiger partial charge in [-0.25, -0.2) is 4.79 Å². The molecule has 1 rings (SSSR count). The van der Waals surface area contributed by atoms with Crippen molar-refractivity contribution in [3.8, 4) is 5.75 Å². The Morgan fingerprint density at radius 3 is 2.12 bits per heavy atom. The van der Waals surface area contributed by atoms with E-state index in [1.54, 1.807) is 6.92 Å². The van der Waals surface area contributed by atoms with Crippen LogP contribution in [0.5, 0.6) is 5.75 Å². The summed E-state index contributed by atoms with van der Waals surface area (Å²) >= 11 is 0. The van der Waals surface area contributed by atoms with E-state index in [0.717, 1.165) is 0 Å². The van der Waals surface area contributed by atoms with Crippen LogP contribution < -0.4 is 10.4 Å².